The number of imidazole rings is 1. The third kappa shape index (κ3) is 1.82. The van der Waals surface area contributed by atoms with Gasteiger partial charge in [-0.1, -0.05) is 19.9 Å². The van der Waals surface area contributed by atoms with Crippen molar-refractivity contribution in [3.8, 4) is 5.75 Å². The van der Waals surface area contributed by atoms with Crippen LogP contribution >= 0.6 is 0 Å². The normalized spacial score (nSPS) is 11.4. The Bertz CT molecular complexity index is 606. The van der Waals surface area contributed by atoms with Crippen molar-refractivity contribution in [3.05, 3.63) is 28.2 Å². The van der Waals surface area contributed by atoms with Gasteiger partial charge in [0.15, 0.2) is 0 Å². The standard InChI is InChI=1S/C14H20N2O2/c1-5-9(6-2)10-7-8-11(18-4)13-12(10)15-14(17)16(13)3/h7-9H,5-6H2,1-4H3,(H,15,17). The molecule has 0 unspecified atom stereocenters. The van der Waals surface area contributed by atoms with E-state index in [4.69, 9.17) is 4.74 Å². The Kier molecular flexibility index (Phi) is 3.45. The van der Waals surface area contributed by atoms with Crippen molar-refractivity contribution in [1.82, 2.24) is 9.55 Å². The summed E-state index contributed by atoms with van der Waals surface area (Å²) in [5.74, 6) is 1.21. The van der Waals surface area contributed by atoms with E-state index in [1.165, 1.54) is 5.56 Å². The van der Waals surface area contributed by atoms with Crippen LogP contribution in [0.2, 0.25) is 0 Å². The van der Waals surface area contributed by atoms with E-state index >= 15 is 0 Å². The fraction of sp³-hybridized carbons (Fsp3) is 0.500. The SMILES string of the molecule is CCC(CC)c1ccc(OC)c2c1[nH]c(=O)n2C. The Hall–Kier alpha value is -1.71. The lowest BCUT2D eigenvalue weighted by Crippen LogP contribution is -2.12. The van der Waals surface area contributed by atoms with Crippen molar-refractivity contribution in [3.63, 3.8) is 0 Å². The molecule has 0 saturated carbocycles. The maximum Gasteiger partial charge on any atom is 0.326 e. The molecule has 0 bridgehead atoms. The molecule has 1 aromatic carbocycles. The fourth-order valence-corrected chi connectivity index (χ4v) is 2.58. The molecule has 0 radical (unpaired) electrons. The molecular weight excluding hydrogens is 228 g/mol. The average Bonchev–Trinajstić information content (AvgIpc) is 2.68. The van der Waals surface area contributed by atoms with Crippen molar-refractivity contribution < 1.29 is 4.74 Å². The van der Waals surface area contributed by atoms with Crippen LogP contribution in [0.3, 0.4) is 0 Å². The number of aryl methyl sites for hydroxylation is 1. The third-order valence-electron chi connectivity index (χ3n) is 3.69. The summed E-state index contributed by atoms with van der Waals surface area (Å²) in [6.45, 7) is 4.34. The monoisotopic (exact) mass is 248 g/mol. The minimum absolute atomic E-state index is 0.0956. The van der Waals surface area contributed by atoms with Gasteiger partial charge in [0.05, 0.1) is 12.6 Å². The van der Waals surface area contributed by atoms with Crippen LogP contribution in [-0.4, -0.2) is 16.7 Å². The summed E-state index contributed by atoms with van der Waals surface area (Å²) in [4.78, 5) is 14.8. The first kappa shape index (κ1) is 12.7. The van der Waals surface area contributed by atoms with Gasteiger partial charge in [0.2, 0.25) is 0 Å². The van der Waals surface area contributed by atoms with Gasteiger partial charge >= 0.3 is 5.69 Å². The van der Waals surface area contributed by atoms with Gasteiger partial charge in [0.25, 0.3) is 0 Å². The highest BCUT2D eigenvalue weighted by atomic mass is 16.5. The van der Waals surface area contributed by atoms with E-state index in [0.717, 1.165) is 29.6 Å². The molecule has 0 aliphatic carbocycles. The van der Waals surface area contributed by atoms with Crippen LogP contribution in [0.25, 0.3) is 11.0 Å². The van der Waals surface area contributed by atoms with Crippen LogP contribution in [0, 0.1) is 0 Å². The van der Waals surface area contributed by atoms with Gasteiger partial charge in [0, 0.05) is 7.05 Å². The van der Waals surface area contributed by atoms with E-state index in [1.54, 1.807) is 18.7 Å². The Morgan fingerprint density at radius 2 is 2.00 bits per heavy atom. The second-order valence-electron chi connectivity index (χ2n) is 4.58. The second-order valence-corrected chi connectivity index (χ2v) is 4.58. The molecule has 18 heavy (non-hydrogen) atoms. The van der Waals surface area contributed by atoms with Crippen LogP contribution in [0.15, 0.2) is 16.9 Å². The molecule has 98 valence electrons. The highest BCUT2D eigenvalue weighted by Gasteiger charge is 2.17. The number of nitrogens with one attached hydrogen (secondary N) is 1. The molecule has 0 amide bonds. The van der Waals surface area contributed by atoms with Crippen molar-refractivity contribution in [2.24, 2.45) is 7.05 Å². The maximum absolute atomic E-state index is 11.8. The first-order valence-corrected chi connectivity index (χ1v) is 6.39. The fourth-order valence-electron chi connectivity index (χ4n) is 2.58. The third-order valence-corrected chi connectivity index (χ3v) is 3.69. The highest BCUT2D eigenvalue weighted by molar-refractivity contribution is 5.85. The summed E-state index contributed by atoms with van der Waals surface area (Å²) in [6.07, 6.45) is 2.13. The summed E-state index contributed by atoms with van der Waals surface area (Å²) >= 11 is 0. The molecule has 4 heteroatoms. The quantitative estimate of drug-likeness (QED) is 0.904. The number of H-pyrrole nitrogens is 1. The van der Waals surface area contributed by atoms with Crippen molar-refractivity contribution in [1.29, 1.82) is 0 Å². The second kappa shape index (κ2) is 4.88. The van der Waals surface area contributed by atoms with E-state index in [9.17, 15) is 4.79 Å². The van der Waals surface area contributed by atoms with E-state index in [0.29, 0.717) is 5.92 Å². The number of aromatic nitrogens is 2. The lowest BCUT2D eigenvalue weighted by Gasteiger charge is -2.15. The van der Waals surface area contributed by atoms with Crippen LogP contribution < -0.4 is 10.4 Å². The number of ether oxygens (including phenoxy) is 1. The molecular formula is C14H20N2O2. The number of aromatic amines is 1. The lowest BCUT2D eigenvalue weighted by atomic mass is 9.93. The molecule has 1 aromatic heterocycles. The highest BCUT2D eigenvalue weighted by Crippen LogP contribution is 2.33. The first-order chi connectivity index (χ1) is 8.63. The van der Waals surface area contributed by atoms with Gasteiger partial charge in [-0.2, -0.15) is 0 Å². The zero-order chi connectivity index (χ0) is 13.3. The Morgan fingerprint density at radius 1 is 1.33 bits per heavy atom. The number of hydrogen-bond acceptors (Lipinski definition) is 2. The molecule has 0 atom stereocenters. The van der Waals surface area contributed by atoms with Crippen LogP contribution in [0.5, 0.6) is 5.75 Å². The minimum atomic E-state index is -0.0956. The minimum Gasteiger partial charge on any atom is -0.494 e. The zero-order valence-corrected chi connectivity index (χ0v) is 11.4. The predicted molar refractivity (Wildman–Crippen MR) is 73.4 cm³/mol. The molecule has 2 rings (SSSR count). The summed E-state index contributed by atoms with van der Waals surface area (Å²) in [7, 11) is 3.39. The maximum atomic E-state index is 11.8. The van der Waals surface area contributed by atoms with Crippen LogP contribution in [0.1, 0.15) is 38.2 Å². The van der Waals surface area contributed by atoms with Crippen molar-refractivity contribution in [2.45, 2.75) is 32.6 Å². The molecule has 0 fully saturated rings. The molecule has 0 aliphatic heterocycles. The molecule has 4 nitrogen and oxygen atoms in total. The van der Waals surface area contributed by atoms with Gasteiger partial charge in [-0.3, -0.25) is 4.57 Å². The molecule has 0 spiro atoms. The van der Waals surface area contributed by atoms with Gasteiger partial charge < -0.3 is 9.72 Å². The number of fused-ring (bicyclic) bond motifs is 1. The number of benzene rings is 1. The Morgan fingerprint density at radius 3 is 2.56 bits per heavy atom. The lowest BCUT2D eigenvalue weighted by molar-refractivity contribution is 0.417. The van der Waals surface area contributed by atoms with Gasteiger partial charge in [-0.15, -0.1) is 0 Å². The summed E-state index contributed by atoms with van der Waals surface area (Å²) in [6, 6.07) is 4.01. The number of nitrogens with zero attached hydrogens (tertiary/aromatic N) is 1. The topological polar surface area (TPSA) is 47.0 Å². The number of rotatable bonds is 4. The zero-order valence-electron chi connectivity index (χ0n) is 11.4. The molecule has 0 aliphatic rings. The Labute approximate surface area is 107 Å². The van der Waals surface area contributed by atoms with E-state index in [-0.39, 0.29) is 5.69 Å². The predicted octanol–water partition coefficient (Wildman–Crippen LogP) is 2.78. The summed E-state index contributed by atoms with van der Waals surface area (Å²) in [5.41, 5.74) is 2.87. The number of hydrogen-bond donors (Lipinski definition) is 1. The van der Waals surface area contributed by atoms with Crippen LogP contribution in [0.4, 0.5) is 0 Å². The summed E-state index contributed by atoms with van der Waals surface area (Å²) < 4.78 is 6.96. The van der Waals surface area contributed by atoms with Crippen molar-refractivity contribution in [2.75, 3.05) is 7.11 Å². The molecule has 1 N–H and O–H groups in total. The summed E-state index contributed by atoms with van der Waals surface area (Å²) in [5, 5.41) is 0. The van der Waals surface area contributed by atoms with E-state index in [2.05, 4.69) is 24.9 Å². The van der Waals surface area contributed by atoms with E-state index < -0.39 is 0 Å². The average molecular weight is 248 g/mol. The van der Waals surface area contributed by atoms with Crippen molar-refractivity contribution >= 4 is 11.0 Å². The first-order valence-electron chi connectivity index (χ1n) is 6.39. The van der Waals surface area contributed by atoms with E-state index in [1.807, 2.05) is 6.07 Å². The largest absolute Gasteiger partial charge is 0.494 e. The smallest absolute Gasteiger partial charge is 0.326 e. The molecule has 1 heterocycles. The molecule has 2 aromatic rings. The molecule has 0 saturated heterocycles. The van der Waals surface area contributed by atoms with Gasteiger partial charge in [0.1, 0.15) is 11.3 Å². The number of methoxy groups -OCH3 is 1. The van der Waals surface area contributed by atoms with Crippen LogP contribution in [-0.2, 0) is 7.05 Å². The Balaban J connectivity index is 2.78. The van der Waals surface area contributed by atoms with Gasteiger partial charge in [-0.25, -0.2) is 4.79 Å². The van der Waals surface area contributed by atoms with Gasteiger partial charge in [-0.05, 0) is 30.4 Å².